The average molecular weight is 363 g/mol. The van der Waals surface area contributed by atoms with Crippen LogP contribution in [0.25, 0.3) is 11.0 Å². The normalized spacial score (nSPS) is 23.0. The highest BCUT2D eigenvalue weighted by atomic mass is 32.2. The average Bonchev–Trinajstić information content (AvgIpc) is 3.32. The van der Waals surface area contributed by atoms with E-state index < -0.39 is 10.0 Å². The van der Waals surface area contributed by atoms with Crippen LogP contribution in [-0.4, -0.2) is 34.4 Å². The summed E-state index contributed by atoms with van der Waals surface area (Å²) in [7, 11) is -0.146. The molecule has 7 heteroatoms. The molecule has 1 saturated heterocycles. The summed E-state index contributed by atoms with van der Waals surface area (Å²) in [6.45, 7) is 0.606. The predicted octanol–water partition coefficient (Wildman–Crippen LogP) is 2.22. The number of aromatic nitrogens is 2. The van der Waals surface area contributed by atoms with Crippen molar-refractivity contribution in [3.05, 3.63) is 28.7 Å². The molecule has 1 aliphatic heterocycles. The zero-order valence-electron chi connectivity index (χ0n) is 14.8. The van der Waals surface area contributed by atoms with Crippen molar-refractivity contribution >= 4 is 21.1 Å². The molecule has 2 fully saturated rings. The fourth-order valence-corrected chi connectivity index (χ4v) is 6.43. The standard InChI is InChI=1S/C18H25N3O3S/c1-19-16-10-9-14(12-17(16)20(2)18(19)22)25(23,24)21-11-5-8-15(21)13-6-3-4-7-13/h9-10,12-13,15H,3-8,11H2,1-2H3. The van der Waals surface area contributed by atoms with Crippen LogP contribution in [0.15, 0.2) is 27.9 Å². The molecule has 25 heavy (non-hydrogen) atoms. The van der Waals surface area contributed by atoms with E-state index in [4.69, 9.17) is 0 Å². The lowest BCUT2D eigenvalue weighted by molar-refractivity contribution is 0.288. The first-order chi connectivity index (χ1) is 11.9. The number of imidazole rings is 1. The van der Waals surface area contributed by atoms with E-state index in [-0.39, 0.29) is 11.7 Å². The van der Waals surface area contributed by atoms with Crippen molar-refractivity contribution in [3.63, 3.8) is 0 Å². The van der Waals surface area contributed by atoms with E-state index in [2.05, 4.69) is 0 Å². The van der Waals surface area contributed by atoms with Crippen LogP contribution < -0.4 is 5.69 Å². The molecule has 2 aromatic rings. The zero-order chi connectivity index (χ0) is 17.8. The Labute approximate surface area is 148 Å². The summed E-state index contributed by atoms with van der Waals surface area (Å²) < 4.78 is 31.3. The van der Waals surface area contributed by atoms with Crippen molar-refractivity contribution in [1.29, 1.82) is 0 Å². The highest BCUT2D eigenvalue weighted by Crippen LogP contribution is 2.38. The largest absolute Gasteiger partial charge is 0.328 e. The van der Waals surface area contributed by atoms with Gasteiger partial charge in [0.05, 0.1) is 15.9 Å². The van der Waals surface area contributed by atoms with Crippen molar-refractivity contribution in [2.45, 2.75) is 49.5 Å². The summed E-state index contributed by atoms with van der Waals surface area (Å²) in [4.78, 5) is 12.4. The second-order valence-electron chi connectivity index (χ2n) is 7.42. The van der Waals surface area contributed by atoms with E-state index in [0.29, 0.717) is 22.9 Å². The molecular weight excluding hydrogens is 338 g/mol. The maximum Gasteiger partial charge on any atom is 0.328 e. The summed E-state index contributed by atoms with van der Waals surface area (Å²) in [6, 6.07) is 5.17. The Morgan fingerprint density at radius 3 is 2.36 bits per heavy atom. The van der Waals surface area contributed by atoms with Gasteiger partial charge in [0.1, 0.15) is 0 Å². The first-order valence-electron chi connectivity index (χ1n) is 9.08. The van der Waals surface area contributed by atoms with E-state index in [1.807, 2.05) is 0 Å². The van der Waals surface area contributed by atoms with Crippen LogP contribution in [0.4, 0.5) is 0 Å². The van der Waals surface area contributed by atoms with Crippen LogP contribution in [0, 0.1) is 5.92 Å². The van der Waals surface area contributed by atoms with Gasteiger partial charge in [-0.25, -0.2) is 13.2 Å². The summed E-state index contributed by atoms with van der Waals surface area (Å²) in [5.41, 5.74) is 1.26. The number of nitrogens with zero attached hydrogens (tertiary/aromatic N) is 3. The molecule has 136 valence electrons. The van der Waals surface area contributed by atoms with Crippen molar-refractivity contribution in [1.82, 2.24) is 13.4 Å². The fourth-order valence-electron chi connectivity index (χ4n) is 4.66. The SMILES string of the molecule is Cn1c(=O)n(C)c2cc(S(=O)(=O)N3CCCC3C3CCCC3)ccc21. The molecule has 2 aliphatic rings. The molecule has 6 nitrogen and oxygen atoms in total. The summed E-state index contributed by atoms with van der Waals surface area (Å²) >= 11 is 0. The molecule has 1 atom stereocenters. The highest BCUT2D eigenvalue weighted by Gasteiger charge is 2.40. The third-order valence-corrected chi connectivity index (χ3v) is 7.96. The van der Waals surface area contributed by atoms with Crippen molar-refractivity contribution in [2.24, 2.45) is 20.0 Å². The van der Waals surface area contributed by atoms with Crippen molar-refractivity contribution in [3.8, 4) is 0 Å². The molecule has 0 spiro atoms. The van der Waals surface area contributed by atoms with Crippen LogP contribution in [0.1, 0.15) is 38.5 Å². The molecule has 1 aliphatic carbocycles. The van der Waals surface area contributed by atoms with E-state index in [9.17, 15) is 13.2 Å². The minimum Gasteiger partial charge on any atom is -0.295 e. The van der Waals surface area contributed by atoms with Gasteiger partial charge >= 0.3 is 5.69 Å². The van der Waals surface area contributed by atoms with Crippen LogP contribution in [-0.2, 0) is 24.1 Å². The first-order valence-corrected chi connectivity index (χ1v) is 10.5. The Kier molecular flexibility index (Phi) is 4.03. The molecule has 0 N–H and O–H groups in total. The van der Waals surface area contributed by atoms with E-state index >= 15 is 0 Å². The number of hydrogen-bond donors (Lipinski definition) is 0. The van der Waals surface area contributed by atoms with Gasteiger partial charge in [-0.15, -0.1) is 0 Å². The van der Waals surface area contributed by atoms with Crippen molar-refractivity contribution < 1.29 is 8.42 Å². The number of benzene rings is 1. The van der Waals surface area contributed by atoms with Crippen LogP contribution >= 0.6 is 0 Å². The highest BCUT2D eigenvalue weighted by molar-refractivity contribution is 7.89. The molecule has 2 heterocycles. The second-order valence-corrected chi connectivity index (χ2v) is 9.31. The van der Waals surface area contributed by atoms with E-state index in [1.165, 1.54) is 17.4 Å². The van der Waals surface area contributed by atoms with Gasteiger partial charge in [0.25, 0.3) is 0 Å². The number of rotatable bonds is 3. The maximum atomic E-state index is 13.3. The quantitative estimate of drug-likeness (QED) is 0.840. The molecule has 4 rings (SSSR count). The molecule has 1 unspecified atom stereocenters. The van der Waals surface area contributed by atoms with Crippen molar-refractivity contribution in [2.75, 3.05) is 6.54 Å². The number of fused-ring (bicyclic) bond motifs is 1. The molecule has 1 aromatic heterocycles. The van der Waals surface area contributed by atoms with E-state index in [1.54, 1.807) is 41.2 Å². The topological polar surface area (TPSA) is 64.3 Å². The van der Waals surface area contributed by atoms with Gasteiger partial charge in [0, 0.05) is 26.7 Å². The molecule has 1 aromatic carbocycles. The Balaban J connectivity index is 1.76. The smallest absolute Gasteiger partial charge is 0.295 e. The third-order valence-electron chi connectivity index (χ3n) is 6.04. The molecule has 0 bridgehead atoms. The minimum atomic E-state index is -3.53. The fraction of sp³-hybridized carbons (Fsp3) is 0.611. The van der Waals surface area contributed by atoms with Crippen LogP contribution in [0.5, 0.6) is 0 Å². The monoisotopic (exact) mass is 363 g/mol. The molecule has 1 saturated carbocycles. The zero-order valence-corrected chi connectivity index (χ0v) is 15.6. The molecule has 0 radical (unpaired) electrons. The van der Waals surface area contributed by atoms with Gasteiger partial charge in [0.15, 0.2) is 0 Å². The number of sulfonamides is 1. The van der Waals surface area contributed by atoms with Gasteiger partial charge in [0.2, 0.25) is 10.0 Å². The molecular formula is C18H25N3O3S. The summed E-state index contributed by atoms with van der Waals surface area (Å²) in [5.74, 6) is 0.502. The lowest BCUT2D eigenvalue weighted by Gasteiger charge is -2.28. The number of aryl methyl sites for hydroxylation is 2. The second kappa shape index (κ2) is 5.99. The lowest BCUT2D eigenvalue weighted by atomic mass is 9.97. The van der Waals surface area contributed by atoms with Gasteiger partial charge in [-0.2, -0.15) is 4.31 Å². The number of hydrogen-bond acceptors (Lipinski definition) is 3. The third kappa shape index (κ3) is 2.56. The Bertz CT molecular complexity index is 967. The summed E-state index contributed by atoms with van der Waals surface area (Å²) in [6.07, 6.45) is 6.62. The predicted molar refractivity (Wildman–Crippen MR) is 97.0 cm³/mol. The van der Waals surface area contributed by atoms with Gasteiger partial charge < -0.3 is 0 Å². The Morgan fingerprint density at radius 1 is 0.960 bits per heavy atom. The lowest BCUT2D eigenvalue weighted by Crippen LogP contribution is -2.39. The summed E-state index contributed by atoms with van der Waals surface area (Å²) in [5, 5.41) is 0. The Hall–Kier alpha value is -1.60. The van der Waals surface area contributed by atoms with Crippen LogP contribution in [0.3, 0.4) is 0 Å². The Morgan fingerprint density at radius 2 is 1.64 bits per heavy atom. The first kappa shape index (κ1) is 16.8. The minimum absolute atomic E-state index is 0.141. The van der Waals surface area contributed by atoms with E-state index in [0.717, 1.165) is 31.2 Å². The van der Waals surface area contributed by atoms with Crippen LogP contribution in [0.2, 0.25) is 0 Å². The van der Waals surface area contributed by atoms with Gasteiger partial charge in [-0.3, -0.25) is 9.13 Å². The van der Waals surface area contributed by atoms with Gasteiger partial charge in [-0.1, -0.05) is 12.8 Å². The maximum absolute atomic E-state index is 13.3. The van der Waals surface area contributed by atoms with Gasteiger partial charge in [-0.05, 0) is 49.8 Å². The molecule has 0 amide bonds.